The molecule has 6 nitrogen and oxygen atoms in total. The smallest absolute Gasteiger partial charge is 0.254 e. The summed E-state index contributed by atoms with van der Waals surface area (Å²) in [6.07, 6.45) is 2.92. The number of fused-ring (bicyclic) bond motifs is 1. The van der Waals surface area contributed by atoms with Crippen LogP contribution in [0.2, 0.25) is 0 Å². The Morgan fingerprint density at radius 1 is 1.24 bits per heavy atom. The normalized spacial score (nSPS) is 21.0. The van der Waals surface area contributed by atoms with E-state index in [1.54, 1.807) is 4.90 Å². The lowest BCUT2D eigenvalue weighted by molar-refractivity contribution is 0.0790. The number of amides is 1. The zero-order valence-corrected chi connectivity index (χ0v) is 14.7. The Morgan fingerprint density at radius 3 is 2.72 bits per heavy atom. The maximum Gasteiger partial charge on any atom is 0.254 e. The molecule has 1 aliphatic heterocycles. The topological polar surface area (TPSA) is 93.4 Å². The molecule has 1 amide bonds. The summed E-state index contributed by atoms with van der Waals surface area (Å²) in [5.74, 6) is 0.263. The third-order valence-corrected chi connectivity index (χ3v) is 5.94. The number of carbonyl (C=O) groups is 1. The van der Waals surface area contributed by atoms with E-state index in [4.69, 9.17) is 10.1 Å². The molecule has 1 aromatic carbocycles. The van der Waals surface area contributed by atoms with Gasteiger partial charge in [0.1, 0.15) is 0 Å². The van der Waals surface area contributed by atoms with Crippen LogP contribution in [-0.2, 0) is 10.0 Å². The van der Waals surface area contributed by atoms with E-state index in [0.29, 0.717) is 31.0 Å². The molecule has 2 fully saturated rings. The predicted octanol–water partition coefficient (Wildman–Crippen LogP) is 1.86. The van der Waals surface area contributed by atoms with E-state index < -0.39 is 10.0 Å². The van der Waals surface area contributed by atoms with Crippen molar-refractivity contribution in [3.8, 4) is 0 Å². The molecule has 1 aromatic heterocycles. The molecule has 2 heterocycles. The molecule has 132 valence electrons. The maximum absolute atomic E-state index is 13.1. The summed E-state index contributed by atoms with van der Waals surface area (Å²) >= 11 is 0. The SMILES string of the molecule is NS(=O)(=O)CC1CCN(C(=O)c2cc(C3CC3)nc3ccccc23)C1. The summed E-state index contributed by atoms with van der Waals surface area (Å²) in [4.78, 5) is 19.5. The molecular weight excluding hydrogens is 338 g/mol. The van der Waals surface area contributed by atoms with Crippen molar-refractivity contribution < 1.29 is 13.2 Å². The minimum atomic E-state index is -3.51. The van der Waals surface area contributed by atoms with Gasteiger partial charge < -0.3 is 4.90 Å². The molecule has 1 saturated carbocycles. The van der Waals surface area contributed by atoms with Crippen molar-refractivity contribution in [2.24, 2.45) is 11.1 Å². The number of nitrogens with two attached hydrogens (primary N) is 1. The highest BCUT2D eigenvalue weighted by atomic mass is 32.2. The monoisotopic (exact) mass is 359 g/mol. The van der Waals surface area contributed by atoms with Gasteiger partial charge in [-0.2, -0.15) is 0 Å². The first-order valence-electron chi connectivity index (χ1n) is 8.60. The molecule has 1 aliphatic carbocycles. The highest BCUT2D eigenvalue weighted by Gasteiger charge is 2.32. The van der Waals surface area contributed by atoms with Gasteiger partial charge in [0.15, 0.2) is 0 Å². The standard InChI is InChI=1S/C18H21N3O3S/c19-25(23,24)11-12-7-8-21(10-12)18(22)15-9-17(13-5-6-13)20-16-4-2-1-3-14(15)16/h1-4,9,12-13H,5-8,10-11H2,(H2,19,23,24). The van der Waals surface area contributed by atoms with E-state index in [0.717, 1.165) is 29.4 Å². The number of nitrogens with zero attached hydrogens (tertiary/aromatic N) is 2. The molecular formula is C18H21N3O3S. The zero-order chi connectivity index (χ0) is 17.6. The number of rotatable bonds is 4. The first-order chi connectivity index (χ1) is 11.9. The van der Waals surface area contributed by atoms with E-state index in [2.05, 4.69) is 0 Å². The number of sulfonamides is 1. The van der Waals surface area contributed by atoms with Crippen LogP contribution in [0.3, 0.4) is 0 Å². The lowest BCUT2D eigenvalue weighted by Gasteiger charge is -2.18. The van der Waals surface area contributed by atoms with E-state index in [1.807, 2.05) is 30.3 Å². The van der Waals surface area contributed by atoms with Crippen LogP contribution >= 0.6 is 0 Å². The second kappa shape index (κ2) is 6.07. The van der Waals surface area contributed by atoms with E-state index in [1.165, 1.54) is 0 Å². The molecule has 1 unspecified atom stereocenters. The van der Waals surface area contributed by atoms with Crippen LogP contribution in [0.25, 0.3) is 10.9 Å². The first kappa shape index (κ1) is 16.5. The highest BCUT2D eigenvalue weighted by Crippen LogP contribution is 2.40. The molecule has 1 saturated heterocycles. The number of hydrogen-bond donors (Lipinski definition) is 1. The fraction of sp³-hybridized carbons (Fsp3) is 0.444. The maximum atomic E-state index is 13.1. The van der Waals surface area contributed by atoms with Gasteiger partial charge in [-0.25, -0.2) is 13.6 Å². The number of carbonyl (C=O) groups excluding carboxylic acids is 1. The Morgan fingerprint density at radius 2 is 2.00 bits per heavy atom. The summed E-state index contributed by atoms with van der Waals surface area (Å²) in [6, 6.07) is 9.62. The summed E-state index contributed by atoms with van der Waals surface area (Å²) in [5, 5.41) is 6.00. The van der Waals surface area contributed by atoms with Crippen LogP contribution in [0.5, 0.6) is 0 Å². The van der Waals surface area contributed by atoms with Crippen molar-refractivity contribution in [2.75, 3.05) is 18.8 Å². The van der Waals surface area contributed by atoms with Crippen molar-refractivity contribution in [3.05, 3.63) is 41.6 Å². The van der Waals surface area contributed by atoms with Gasteiger partial charge >= 0.3 is 0 Å². The van der Waals surface area contributed by atoms with Gasteiger partial charge in [0, 0.05) is 30.1 Å². The van der Waals surface area contributed by atoms with Crippen molar-refractivity contribution in [1.82, 2.24) is 9.88 Å². The molecule has 2 aliphatic rings. The molecule has 0 bridgehead atoms. The Labute approximate surface area is 147 Å². The zero-order valence-electron chi connectivity index (χ0n) is 13.9. The molecule has 2 N–H and O–H groups in total. The van der Waals surface area contributed by atoms with Crippen LogP contribution in [0.1, 0.15) is 41.2 Å². The van der Waals surface area contributed by atoms with Crippen LogP contribution in [-0.4, -0.2) is 43.1 Å². The molecule has 2 aromatic rings. The van der Waals surface area contributed by atoms with E-state index >= 15 is 0 Å². The Balaban J connectivity index is 1.64. The van der Waals surface area contributed by atoms with Crippen LogP contribution in [0.15, 0.2) is 30.3 Å². The Bertz CT molecular complexity index is 938. The molecule has 25 heavy (non-hydrogen) atoms. The third-order valence-electron chi connectivity index (χ3n) is 5.00. The summed E-state index contributed by atoms with van der Waals surface area (Å²) in [7, 11) is -3.51. The van der Waals surface area contributed by atoms with Gasteiger partial charge in [-0.15, -0.1) is 0 Å². The fourth-order valence-corrected chi connectivity index (χ4v) is 4.54. The third kappa shape index (κ3) is 3.52. The number of benzene rings is 1. The molecule has 0 spiro atoms. The molecule has 1 atom stereocenters. The second-order valence-corrected chi connectivity index (χ2v) is 8.78. The van der Waals surface area contributed by atoms with Crippen LogP contribution in [0, 0.1) is 5.92 Å². The van der Waals surface area contributed by atoms with Gasteiger partial charge in [0.2, 0.25) is 10.0 Å². The van der Waals surface area contributed by atoms with Crippen LogP contribution < -0.4 is 5.14 Å². The lowest BCUT2D eigenvalue weighted by atomic mass is 10.0. The van der Waals surface area contributed by atoms with Crippen molar-refractivity contribution in [1.29, 1.82) is 0 Å². The molecule has 7 heteroatoms. The predicted molar refractivity (Wildman–Crippen MR) is 95.7 cm³/mol. The molecule has 4 rings (SSSR count). The van der Waals surface area contributed by atoms with Crippen LogP contribution in [0.4, 0.5) is 0 Å². The van der Waals surface area contributed by atoms with E-state index in [9.17, 15) is 13.2 Å². The second-order valence-electron chi connectivity index (χ2n) is 7.12. The van der Waals surface area contributed by atoms with Gasteiger partial charge in [-0.3, -0.25) is 9.78 Å². The van der Waals surface area contributed by atoms with E-state index in [-0.39, 0.29) is 17.6 Å². The number of para-hydroxylation sites is 1. The Kier molecular flexibility index (Phi) is 4.00. The highest BCUT2D eigenvalue weighted by molar-refractivity contribution is 7.89. The summed E-state index contributed by atoms with van der Waals surface area (Å²) in [5.41, 5.74) is 2.50. The summed E-state index contributed by atoms with van der Waals surface area (Å²) < 4.78 is 22.6. The number of primary sulfonamides is 1. The lowest BCUT2D eigenvalue weighted by Crippen LogP contribution is -2.31. The van der Waals surface area contributed by atoms with Gasteiger partial charge in [-0.05, 0) is 37.3 Å². The quantitative estimate of drug-likeness (QED) is 0.902. The Hall–Kier alpha value is -1.99. The summed E-state index contributed by atoms with van der Waals surface area (Å²) in [6.45, 7) is 0.999. The van der Waals surface area contributed by atoms with Gasteiger partial charge in [0.05, 0.1) is 16.8 Å². The number of aromatic nitrogens is 1. The molecule has 0 radical (unpaired) electrons. The number of pyridine rings is 1. The average molecular weight is 359 g/mol. The van der Waals surface area contributed by atoms with Gasteiger partial charge in [0.25, 0.3) is 5.91 Å². The minimum absolute atomic E-state index is 0.0441. The minimum Gasteiger partial charge on any atom is -0.338 e. The fourth-order valence-electron chi connectivity index (χ4n) is 3.61. The van der Waals surface area contributed by atoms with Crippen molar-refractivity contribution in [3.63, 3.8) is 0 Å². The first-order valence-corrected chi connectivity index (χ1v) is 10.3. The average Bonchev–Trinajstić information content (AvgIpc) is 3.32. The van der Waals surface area contributed by atoms with Crippen molar-refractivity contribution in [2.45, 2.75) is 25.2 Å². The van der Waals surface area contributed by atoms with Crippen molar-refractivity contribution >= 4 is 26.8 Å². The number of hydrogen-bond acceptors (Lipinski definition) is 4. The van der Waals surface area contributed by atoms with Gasteiger partial charge in [-0.1, -0.05) is 18.2 Å². The largest absolute Gasteiger partial charge is 0.338 e. The number of likely N-dealkylation sites (tertiary alicyclic amines) is 1.